The molecule has 0 aromatic heterocycles. The molecule has 2 N–H and O–H groups in total. The molecule has 34 heavy (non-hydrogen) atoms. The first-order chi connectivity index (χ1) is 16.1. The number of carbonyl (C=O) groups excluding carboxylic acids is 1. The van der Waals surface area contributed by atoms with Gasteiger partial charge in [0, 0.05) is 18.1 Å². The van der Waals surface area contributed by atoms with Crippen molar-refractivity contribution in [2.24, 2.45) is 5.73 Å². The highest BCUT2D eigenvalue weighted by Gasteiger charge is 2.30. The van der Waals surface area contributed by atoms with Gasteiger partial charge in [-0.05, 0) is 42.3 Å². The Labute approximate surface area is 196 Å². The number of nitrogens with two attached hydrogens (primary N) is 1. The van der Waals surface area contributed by atoms with Crippen molar-refractivity contribution in [2.75, 3.05) is 25.1 Å². The van der Waals surface area contributed by atoms with E-state index in [1.54, 1.807) is 25.1 Å². The Morgan fingerprint density at radius 2 is 1.59 bits per heavy atom. The first-order valence-electron chi connectivity index (χ1n) is 10.1. The van der Waals surface area contributed by atoms with E-state index in [0.29, 0.717) is 16.9 Å². The summed E-state index contributed by atoms with van der Waals surface area (Å²) in [5, 5.41) is 0. The molecule has 0 bridgehead atoms. The van der Waals surface area contributed by atoms with Crippen LogP contribution in [0.1, 0.15) is 16.7 Å². The van der Waals surface area contributed by atoms with Crippen LogP contribution in [0.25, 0.3) is 0 Å². The van der Waals surface area contributed by atoms with Crippen molar-refractivity contribution in [2.45, 2.75) is 18.2 Å². The smallest absolute Gasteiger partial charge is 0.264 e. The normalized spacial score (nSPS) is 11.2. The lowest BCUT2D eigenvalue weighted by Gasteiger charge is -2.27. The molecule has 0 aliphatic rings. The van der Waals surface area contributed by atoms with Gasteiger partial charge in [0.25, 0.3) is 10.0 Å². The second-order valence-corrected chi connectivity index (χ2v) is 9.32. The van der Waals surface area contributed by atoms with E-state index in [9.17, 15) is 22.0 Å². The Morgan fingerprint density at radius 1 is 0.971 bits per heavy atom. The number of para-hydroxylation sites is 1. The Morgan fingerprint density at radius 3 is 2.18 bits per heavy atom. The maximum atomic E-state index is 14.4. The lowest BCUT2D eigenvalue weighted by molar-refractivity contribution is -0.116. The van der Waals surface area contributed by atoms with Crippen LogP contribution in [0.5, 0.6) is 11.5 Å². The number of methoxy groups -OCH3 is 2. The van der Waals surface area contributed by atoms with Gasteiger partial charge in [-0.1, -0.05) is 24.3 Å². The fraction of sp³-hybridized carbons (Fsp3) is 0.208. The van der Waals surface area contributed by atoms with Gasteiger partial charge in [0.1, 0.15) is 18.2 Å². The van der Waals surface area contributed by atoms with Crippen LogP contribution in [0.4, 0.5) is 14.5 Å². The first-order valence-corrected chi connectivity index (χ1v) is 11.6. The maximum Gasteiger partial charge on any atom is 0.264 e. The SMILES string of the molecule is COc1ccc(S(=O)(=O)N(CC(N)=O)c2c(C)cccc2Cc2c(F)cccc2F)cc1OC. The number of rotatable bonds is 9. The summed E-state index contributed by atoms with van der Waals surface area (Å²) in [5.74, 6) is -1.96. The van der Waals surface area contributed by atoms with E-state index < -0.39 is 34.1 Å². The van der Waals surface area contributed by atoms with Crippen LogP contribution in [-0.4, -0.2) is 35.1 Å². The van der Waals surface area contributed by atoms with E-state index in [2.05, 4.69) is 0 Å². The van der Waals surface area contributed by atoms with E-state index in [1.165, 1.54) is 38.5 Å². The quantitative estimate of drug-likeness (QED) is 0.495. The molecule has 180 valence electrons. The fourth-order valence-electron chi connectivity index (χ4n) is 3.64. The van der Waals surface area contributed by atoms with Crippen molar-refractivity contribution < 1.29 is 31.5 Å². The molecule has 10 heteroatoms. The van der Waals surface area contributed by atoms with Crippen LogP contribution < -0.4 is 19.5 Å². The summed E-state index contributed by atoms with van der Waals surface area (Å²) in [6.45, 7) is 0.947. The molecule has 0 aliphatic heterocycles. The fourth-order valence-corrected chi connectivity index (χ4v) is 5.19. The lowest BCUT2D eigenvalue weighted by atomic mass is 9.99. The van der Waals surface area contributed by atoms with Crippen molar-refractivity contribution in [1.82, 2.24) is 0 Å². The van der Waals surface area contributed by atoms with Crippen molar-refractivity contribution in [3.05, 3.63) is 82.9 Å². The van der Waals surface area contributed by atoms with Crippen molar-refractivity contribution in [1.29, 1.82) is 0 Å². The summed E-state index contributed by atoms with van der Waals surface area (Å²) in [7, 11) is -1.59. The van der Waals surface area contributed by atoms with Gasteiger partial charge in [0.2, 0.25) is 5.91 Å². The lowest BCUT2D eigenvalue weighted by Crippen LogP contribution is -2.39. The number of nitrogens with zero attached hydrogens (tertiary/aromatic N) is 1. The van der Waals surface area contributed by atoms with Crippen LogP contribution >= 0.6 is 0 Å². The second-order valence-electron chi connectivity index (χ2n) is 7.45. The summed E-state index contributed by atoms with van der Waals surface area (Å²) in [6.07, 6.45) is -0.244. The number of sulfonamides is 1. The minimum atomic E-state index is -4.35. The maximum absolute atomic E-state index is 14.4. The van der Waals surface area contributed by atoms with Gasteiger partial charge in [-0.3, -0.25) is 9.10 Å². The van der Waals surface area contributed by atoms with Crippen LogP contribution in [-0.2, 0) is 21.2 Å². The number of halogens is 2. The monoisotopic (exact) mass is 490 g/mol. The molecule has 0 radical (unpaired) electrons. The van der Waals surface area contributed by atoms with Crippen LogP contribution in [0.15, 0.2) is 59.5 Å². The molecular formula is C24H24F2N2O5S. The molecule has 3 rings (SSSR count). The summed E-state index contributed by atoms with van der Waals surface area (Å²) in [6, 6.07) is 12.3. The molecule has 0 unspecified atom stereocenters. The minimum absolute atomic E-state index is 0.110. The van der Waals surface area contributed by atoms with Crippen LogP contribution in [0.2, 0.25) is 0 Å². The molecule has 0 heterocycles. The standard InChI is InChI=1S/C24H24F2N2O5S/c1-15-6-4-7-16(12-18-19(25)8-5-9-20(18)26)24(15)28(14-23(27)29)34(30,31)17-10-11-21(32-2)22(13-17)33-3/h4-11,13H,12,14H2,1-3H3,(H2,27,29). The molecule has 3 aromatic rings. The van der Waals surface area contributed by atoms with E-state index in [0.717, 1.165) is 16.4 Å². The number of anilines is 1. The average Bonchev–Trinajstić information content (AvgIpc) is 2.79. The highest BCUT2D eigenvalue weighted by molar-refractivity contribution is 7.92. The van der Waals surface area contributed by atoms with E-state index >= 15 is 0 Å². The highest BCUT2D eigenvalue weighted by atomic mass is 32.2. The molecule has 0 atom stereocenters. The summed E-state index contributed by atoms with van der Waals surface area (Å²) >= 11 is 0. The number of ether oxygens (including phenoxy) is 2. The number of primary amides is 1. The number of aryl methyl sites for hydroxylation is 1. The molecule has 0 saturated heterocycles. The molecule has 0 saturated carbocycles. The van der Waals surface area contributed by atoms with E-state index in [1.807, 2.05) is 0 Å². The van der Waals surface area contributed by atoms with E-state index in [-0.39, 0.29) is 28.3 Å². The van der Waals surface area contributed by atoms with Crippen molar-refractivity contribution in [3.63, 3.8) is 0 Å². The number of hydrogen-bond acceptors (Lipinski definition) is 5. The summed E-state index contributed by atoms with van der Waals surface area (Å²) in [5.41, 5.74) is 6.06. The molecule has 1 amide bonds. The number of amides is 1. The number of benzene rings is 3. The Balaban J connectivity index is 2.20. The van der Waals surface area contributed by atoms with Gasteiger partial charge >= 0.3 is 0 Å². The molecule has 7 nitrogen and oxygen atoms in total. The number of hydrogen-bond donors (Lipinski definition) is 1. The summed E-state index contributed by atoms with van der Waals surface area (Å²) < 4.78 is 67.3. The van der Waals surface area contributed by atoms with Gasteiger partial charge in [0.15, 0.2) is 11.5 Å². The number of carbonyl (C=O) groups is 1. The average molecular weight is 491 g/mol. The summed E-state index contributed by atoms with van der Waals surface area (Å²) in [4.78, 5) is 11.7. The van der Waals surface area contributed by atoms with E-state index in [4.69, 9.17) is 15.2 Å². The molecule has 0 spiro atoms. The van der Waals surface area contributed by atoms with Crippen LogP contribution in [0.3, 0.4) is 0 Å². The van der Waals surface area contributed by atoms with Gasteiger partial charge in [-0.15, -0.1) is 0 Å². The predicted octanol–water partition coefficient (Wildman–Crippen LogP) is 3.56. The second kappa shape index (κ2) is 10.1. The highest BCUT2D eigenvalue weighted by Crippen LogP contribution is 2.35. The van der Waals surface area contributed by atoms with Gasteiger partial charge < -0.3 is 15.2 Å². The first kappa shape index (κ1) is 25.0. The van der Waals surface area contributed by atoms with Crippen molar-refractivity contribution >= 4 is 21.6 Å². The molecule has 3 aromatic carbocycles. The zero-order valence-electron chi connectivity index (χ0n) is 18.8. The van der Waals surface area contributed by atoms with Gasteiger partial charge in [0.05, 0.1) is 24.8 Å². The third-order valence-electron chi connectivity index (χ3n) is 5.24. The van der Waals surface area contributed by atoms with Gasteiger partial charge in [-0.25, -0.2) is 17.2 Å². The predicted molar refractivity (Wildman–Crippen MR) is 124 cm³/mol. The zero-order valence-corrected chi connectivity index (χ0v) is 19.7. The Bertz CT molecular complexity index is 1310. The Hall–Kier alpha value is -3.66. The third kappa shape index (κ3) is 4.96. The van der Waals surface area contributed by atoms with Crippen LogP contribution in [0, 0.1) is 18.6 Å². The minimum Gasteiger partial charge on any atom is -0.493 e. The molecule has 0 aliphatic carbocycles. The van der Waals surface area contributed by atoms with Crippen molar-refractivity contribution in [3.8, 4) is 11.5 Å². The zero-order chi connectivity index (χ0) is 25.0. The molecular weight excluding hydrogens is 466 g/mol. The largest absolute Gasteiger partial charge is 0.493 e. The topological polar surface area (TPSA) is 98.9 Å². The molecule has 0 fully saturated rings. The third-order valence-corrected chi connectivity index (χ3v) is 6.98. The van der Waals surface area contributed by atoms with Gasteiger partial charge in [-0.2, -0.15) is 0 Å². The Kier molecular flexibility index (Phi) is 7.41.